The van der Waals surface area contributed by atoms with Gasteiger partial charge in [-0.15, -0.1) is 0 Å². The molecule has 1 unspecified atom stereocenters. The van der Waals surface area contributed by atoms with Crippen molar-refractivity contribution in [2.45, 2.75) is 40.7 Å². The summed E-state index contributed by atoms with van der Waals surface area (Å²) in [5, 5.41) is 3.20. The van der Waals surface area contributed by atoms with E-state index in [0.717, 1.165) is 5.69 Å². The third kappa shape index (κ3) is 5.18. The number of ketones is 1. The number of esters is 1. The van der Waals surface area contributed by atoms with E-state index in [9.17, 15) is 9.59 Å². The minimum Gasteiger partial charge on any atom is -0.426 e. The molecule has 0 aliphatic rings. The van der Waals surface area contributed by atoms with Crippen LogP contribution in [-0.2, 0) is 4.79 Å². The van der Waals surface area contributed by atoms with E-state index < -0.39 is 5.41 Å². The van der Waals surface area contributed by atoms with E-state index in [1.165, 1.54) is 5.56 Å². The van der Waals surface area contributed by atoms with Gasteiger partial charge in [-0.05, 0) is 71.0 Å². The molecule has 1 atom stereocenters. The average molecular weight is 339 g/mol. The molecular weight excluding hydrogens is 314 g/mol. The Morgan fingerprint density at radius 2 is 1.52 bits per heavy atom. The fraction of sp³-hybridized carbons (Fsp3) is 0.333. The molecule has 0 bridgehead atoms. The number of carbonyl (C=O) groups is 2. The van der Waals surface area contributed by atoms with Gasteiger partial charge in [0.05, 0.1) is 11.5 Å². The first-order valence-electron chi connectivity index (χ1n) is 8.36. The maximum atomic E-state index is 12.5. The molecule has 4 nitrogen and oxygen atoms in total. The van der Waals surface area contributed by atoms with Gasteiger partial charge >= 0.3 is 5.97 Å². The summed E-state index contributed by atoms with van der Waals surface area (Å²) >= 11 is 0. The zero-order chi connectivity index (χ0) is 18.6. The summed E-state index contributed by atoms with van der Waals surface area (Å²) in [4.78, 5) is 24.4. The minimum absolute atomic E-state index is 0.0192. The van der Waals surface area contributed by atoms with E-state index in [-0.39, 0.29) is 17.8 Å². The second-order valence-corrected chi connectivity index (χ2v) is 7.26. The monoisotopic (exact) mass is 339 g/mol. The van der Waals surface area contributed by atoms with Crippen molar-refractivity contribution in [3.63, 3.8) is 0 Å². The van der Waals surface area contributed by atoms with Crippen LogP contribution in [0.4, 0.5) is 5.69 Å². The molecule has 2 aromatic rings. The topological polar surface area (TPSA) is 55.4 Å². The van der Waals surface area contributed by atoms with E-state index in [4.69, 9.17) is 4.74 Å². The number of rotatable bonds is 5. The van der Waals surface area contributed by atoms with Crippen LogP contribution in [0.3, 0.4) is 0 Å². The lowest BCUT2D eigenvalue weighted by molar-refractivity contribution is -0.142. The van der Waals surface area contributed by atoms with Crippen molar-refractivity contribution in [2.75, 3.05) is 5.32 Å². The highest BCUT2D eigenvalue weighted by Crippen LogP contribution is 2.20. The number of Topliss-reactive ketones (excluding diaryl/α,β-unsaturated/α-hetero) is 1. The summed E-state index contributed by atoms with van der Waals surface area (Å²) in [6, 6.07) is 14.2. The van der Waals surface area contributed by atoms with Crippen LogP contribution >= 0.6 is 0 Å². The molecule has 0 fully saturated rings. The molecule has 0 heterocycles. The Bertz CT molecular complexity index is 740. The van der Waals surface area contributed by atoms with Crippen molar-refractivity contribution in [3.8, 4) is 5.75 Å². The smallest absolute Gasteiger partial charge is 0.316 e. The molecule has 132 valence electrons. The Kier molecular flexibility index (Phi) is 5.62. The van der Waals surface area contributed by atoms with Gasteiger partial charge in [0.15, 0.2) is 5.78 Å². The van der Waals surface area contributed by atoms with Gasteiger partial charge in [0, 0.05) is 11.3 Å². The largest absolute Gasteiger partial charge is 0.426 e. The third-order valence-electron chi connectivity index (χ3n) is 3.79. The first kappa shape index (κ1) is 18.7. The predicted octanol–water partition coefficient (Wildman–Crippen LogP) is 4.63. The van der Waals surface area contributed by atoms with Gasteiger partial charge in [-0.3, -0.25) is 9.59 Å². The van der Waals surface area contributed by atoms with Crippen molar-refractivity contribution in [1.82, 2.24) is 0 Å². The van der Waals surface area contributed by atoms with Crippen LogP contribution in [-0.4, -0.2) is 17.8 Å². The molecule has 4 heteroatoms. The van der Waals surface area contributed by atoms with Crippen LogP contribution in [0.5, 0.6) is 5.75 Å². The lowest BCUT2D eigenvalue weighted by Gasteiger charge is -2.17. The summed E-state index contributed by atoms with van der Waals surface area (Å²) in [6.07, 6.45) is 0. The van der Waals surface area contributed by atoms with Crippen molar-refractivity contribution >= 4 is 17.4 Å². The fourth-order valence-corrected chi connectivity index (χ4v) is 2.16. The van der Waals surface area contributed by atoms with Gasteiger partial charge < -0.3 is 10.1 Å². The Hall–Kier alpha value is -2.62. The Labute approximate surface area is 149 Å². The molecule has 0 aliphatic heterocycles. The van der Waals surface area contributed by atoms with Gasteiger partial charge in [-0.25, -0.2) is 0 Å². The molecule has 0 spiro atoms. The number of ether oxygens (including phenoxy) is 1. The van der Waals surface area contributed by atoms with E-state index >= 15 is 0 Å². The normalized spacial score (nSPS) is 12.4. The van der Waals surface area contributed by atoms with Crippen molar-refractivity contribution in [1.29, 1.82) is 0 Å². The molecular formula is C21H25NO3. The molecule has 0 saturated carbocycles. The lowest BCUT2D eigenvalue weighted by atomic mass is 9.97. The SMILES string of the molecule is Cc1ccc(NC(C)C(=O)c2ccc(OC(=O)C(C)(C)C)cc2)cc1. The van der Waals surface area contributed by atoms with E-state index in [0.29, 0.717) is 11.3 Å². The van der Waals surface area contributed by atoms with Crippen LogP contribution in [0.1, 0.15) is 43.6 Å². The van der Waals surface area contributed by atoms with Gasteiger partial charge in [-0.2, -0.15) is 0 Å². The zero-order valence-electron chi connectivity index (χ0n) is 15.4. The van der Waals surface area contributed by atoms with E-state index in [2.05, 4.69) is 5.32 Å². The summed E-state index contributed by atoms with van der Waals surface area (Å²) in [5.41, 5.74) is 2.08. The first-order valence-corrected chi connectivity index (χ1v) is 8.36. The molecule has 0 aliphatic carbocycles. The van der Waals surface area contributed by atoms with Crippen LogP contribution in [0.2, 0.25) is 0 Å². The number of hydrogen-bond acceptors (Lipinski definition) is 4. The predicted molar refractivity (Wildman–Crippen MR) is 100 cm³/mol. The first-order chi connectivity index (χ1) is 11.7. The quantitative estimate of drug-likeness (QED) is 0.490. The highest BCUT2D eigenvalue weighted by molar-refractivity contribution is 6.01. The second-order valence-electron chi connectivity index (χ2n) is 7.26. The standard InChI is InChI=1S/C21H25NO3/c1-14-6-10-17(11-7-14)22-15(2)19(23)16-8-12-18(13-9-16)25-20(24)21(3,4)5/h6-13,15,22H,1-5H3. The van der Waals surface area contributed by atoms with Gasteiger partial charge in [0.25, 0.3) is 0 Å². The van der Waals surface area contributed by atoms with Gasteiger partial charge in [0.2, 0.25) is 0 Å². The molecule has 0 amide bonds. The molecule has 2 rings (SSSR count). The highest BCUT2D eigenvalue weighted by Gasteiger charge is 2.24. The summed E-state index contributed by atoms with van der Waals surface area (Å²) in [5.74, 6) is 0.117. The van der Waals surface area contributed by atoms with Gasteiger partial charge in [0.1, 0.15) is 5.75 Å². The number of anilines is 1. The highest BCUT2D eigenvalue weighted by atomic mass is 16.5. The van der Waals surface area contributed by atoms with Crippen molar-refractivity contribution < 1.29 is 14.3 Å². The van der Waals surface area contributed by atoms with Crippen LogP contribution in [0.15, 0.2) is 48.5 Å². The third-order valence-corrected chi connectivity index (χ3v) is 3.79. The minimum atomic E-state index is -0.568. The summed E-state index contributed by atoms with van der Waals surface area (Å²) in [7, 11) is 0. The molecule has 1 N–H and O–H groups in total. The zero-order valence-corrected chi connectivity index (χ0v) is 15.4. The number of carbonyl (C=O) groups excluding carboxylic acids is 2. The van der Waals surface area contributed by atoms with Gasteiger partial charge in [-0.1, -0.05) is 17.7 Å². The molecule has 25 heavy (non-hydrogen) atoms. The summed E-state index contributed by atoms with van der Waals surface area (Å²) < 4.78 is 5.32. The number of benzene rings is 2. The lowest BCUT2D eigenvalue weighted by Crippen LogP contribution is -2.26. The molecule has 2 aromatic carbocycles. The number of aryl methyl sites for hydroxylation is 1. The van der Waals surface area contributed by atoms with Crippen LogP contribution < -0.4 is 10.1 Å². The van der Waals surface area contributed by atoms with Crippen LogP contribution in [0, 0.1) is 12.3 Å². The number of nitrogens with one attached hydrogen (secondary N) is 1. The Morgan fingerprint density at radius 1 is 0.960 bits per heavy atom. The van der Waals surface area contributed by atoms with E-state index in [1.54, 1.807) is 45.0 Å². The molecule has 0 radical (unpaired) electrons. The number of hydrogen-bond donors (Lipinski definition) is 1. The van der Waals surface area contributed by atoms with E-state index in [1.807, 2.05) is 38.1 Å². The second kappa shape index (κ2) is 7.51. The van der Waals surface area contributed by atoms with Crippen LogP contribution in [0.25, 0.3) is 0 Å². The Morgan fingerprint density at radius 3 is 2.04 bits per heavy atom. The average Bonchev–Trinajstić information content (AvgIpc) is 2.56. The fourth-order valence-electron chi connectivity index (χ4n) is 2.16. The molecule has 0 saturated heterocycles. The maximum Gasteiger partial charge on any atom is 0.316 e. The summed E-state index contributed by atoms with van der Waals surface area (Å²) in [6.45, 7) is 9.24. The maximum absolute atomic E-state index is 12.5. The van der Waals surface area contributed by atoms with Crippen molar-refractivity contribution in [3.05, 3.63) is 59.7 Å². The molecule has 0 aromatic heterocycles. The van der Waals surface area contributed by atoms with Crippen molar-refractivity contribution in [2.24, 2.45) is 5.41 Å². The Balaban J connectivity index is 2.02.